The molecule has 0 atom stereocenters. The van der Waals surface area contributed by atoms with E-state index in [-0.39, 0.29) is 21.5 Å². The summed E-state index contributed by atoms with van der Waals surface area (Å²) in [5.41, 5.74) is 0.473. The lowest BCUT2D eigenvalue weighted by atomic mass is 10.2. The molecule has 2 aromatic carbocycles. The molecule has 0 unspecified atom stereocenters. The maximum absolute atomic E-state index is 13.0. The van der Waals surface area contributed by atoms with Crippen LogP contribution in [0.5, 0.6) is 0 Å². The number of nitrogens with zero attached hydrogens (tertiary/aromatic N) is 1. The van der Waals surface area contributed by atoms with E-state index in [4.69, 9.17) is 27.9 Å². The van der Waals surface area contributed by atoms with E-state index in [1.54, 1.807) is 31.2 Å². The van der Waals surface area contributed by atoms with E-state index >= 15 is 0 Å². The minimum absolute atomic E-state index is 0.0209. The molecule has 0 spiro atoms. The number of halogens is 2. The third-order valence-electron chi connectivity index (χ3n) is 4.37. The number of benzene rings is 2. The van der Waals surface area contributed by atoms with Crippen molar-refractivity contribution in [1.82, 2.24) is 4.31 Å². The third-order valence-corrected chi connectivity index (χ3v) is 8.10. The number of hydrogen-bond donors (Lipinski definition) is 1. The molecule has 3 aromatic rings. The predicted molar refractivity (Wildman–Crippen MR) is 123 cm³/mol. The number of methoxy groups -OCH3 is 1. The van der Waals surface area contributed by atoms with Crippen LogP contribution in [-0.4, -0.2) is 44.8 Å². The molecule has 0 aliphatic rings. The molecule has 1 aromatic heterocycles. The number of likely N-dealkylation sites (N-methyl/N-ethyl adjacent to an activating group) is 1. The van der Waals surface area contributed by atoms with Crippen LogP contribution in [0.3, 0.4) is 0 Å². The van der Waals surface area contributed by atoms with Gasteiger partial charge in [-0.05, 0) is 47.9 Å². The fourth-order valence-corrected chi connectivity index (χ4v) is 5.97. The summed E-state index contributed by atoms with van der Waals surface area (Å²) in [4.78, 5) is 24.5. The van der Waals surface area contributed by atoms with Gasteiger partial charge in [0.1, 0.15) is 9.77 Å². The number of fused-ring (bicyclic) bond motifs is 1. The summed E-state index contributed by atoms with van der Waals surface area (Å²) >= 11 is 13.2. The lowest BCUT2D eigenvalue weighted by Crippen LogP contribution is -2.38. The van der Waals surface area contributed by atoms with Crippen molar-refractivity contribution in [2.45, 2.75) is 11.8 Å². The van der Waals surface area contributed by atoms with Crippen molar-refractivity contribution in [1.29, 1.82) is 0 Å². The monoisotopic (exact) mass is 500 g/mol. The van der Waals surface area contributed by atoms with Crippen molar-refractivity contribution >= 4 is 72.2 Å². The maximum atomic E-state index is 13.0. The van der Waals surface area contributed by atoms with Gasteiger partial charge in [-0.1, -0.05) is 30.1 Å². The highest BCUT2D eigenvalue weighted by molar-refractivity contribution is 7.89. The van der Waals surface area contributed by atoms with Crippen LogP contribution in [0.1, 0.15) is 16.6 Å². The summed E-state index contributed by atoms with van der Waals surface area (Å²) in [6.07, 6.45) is 0. The van der Waals surface area contributed by atoms with Crippen molar-refractivity contribution in [2.24, 2.45) is 0 Å². The summed E-state index contributed by atoms with van der Waals surface area (Å²) in [6, 6.07) is 10.9. The van der Waals surface area contributed by atoms with E-state index in [0.29, 0.717) is 10.6 Å². The number of sulfonamides is 1. The summed E-state index contributed by atoms with van der Waals surface area (Å²) in [5, 5.41) is 3.69. The van der Waals surface area contributed by atoms with Crippen molar-refractivity contribution in [2.75, 3.05) is 25.5 Å². The van der Waals surface area contributed by atoms with Gasteiger partial charge in [-0.3, -0.25) is 4.79 Å². The molecule has 0 aliphatic carbocycles. The van der Waals surface area contributed by atoms with Crippen LogP contribution >= 0.6 is 34.5 Å². The quantitative estimate of drug-likeness (QED) is 0.476. The smallest absolute Gasteiger partial charge is 0.348 e. The van der Waals surface area contributed by atoms with Crippen LogP contribution in [0.15, 0.2) is 47.4 Å². The highest BCUT2D eigenvalue weighted by atomic mass is 35.5. The molecule has 0 saturated carbocycles. The number of nitrogens with one attached hydrogen (secondary N) is 1. The van der Waals surface area contributed by atoms with E-state index in [0.717, 1.165) is 14.4 Å². The molecular weight excluding hydrogens is 483 g/mol. The number of rotatable bonds is 7. The lowest BCUT2D eigenvalue weighted by Gasteiger charge is -2.21. The minimum atomic E-state index is -4.03. The third kappa shape index (κ3) is 5.19. The number of ether oxygens (including phenoxy) is 1. The number of anilines is 1. The molecule has 3 rings (SSSR count). The average molecular weight is 501 g/mol. The summed E-state index contributed by atoms with van der Waals surface area (Å²) < 4.78 is 32.5. The van der Waals surface area contributed by atoms with Crippen molar-refractivity contribution < 1.29 is 22.7 Å². The first kappa shape index (κ1) is 23.5. The van der Waals surface area contributed by atoms with Gasteiger partial charge >= 0.3 is 5.97 Å². The Morgan fingerprint density at radius 1 is 1.13 bits per heavy atom. The van der Waals surface area contributed by atoms with E-state index in [1.807, 2.05) is 0 Å². The molecule has 0 saturated heterocycles. The van der Waals surface area contributed by atoms with Gasteiger partial charge in [-0.25, -0.2) is 13.2 Å². The molecule has 1 N–H and O–H groups in total. The van der Waals surface area contributed by atoms with Crippen LogP contribution in [0, 0.1) is 0 Å². The Labute approximate surface area is 193 Å². The Bertz CT molecular complexity index is 1260. The van der Waals surface area contributed by atoms with Crippen molar-refractivity contribution in [3.05, 3.63) is 57.4 Å². The molecule has 7 nitrogen and oxygen atoms in total. The number of esters is 1. The van der Waals surface area contributed by atoms with Gasteiger partial charge in [-0.2, -0.15) is 4.31 Å². The second-order valence-electron chi connectivity index (χ2n) is 6.41. The number of carbonyl (C=O) groups excluding carboxylic acids is 2. The molecule has 11 heteroatoms. The zero-order chi connectivity index (χ0) is 22.8. The summed E-state index contributed by atoms with van der Waals surface area (Å²) in [5.74, 6) is -0.957. The molecule has 0 aliphatic heterocycles. The highest BCUT2D eigenvalue weighted by Crippen LogP contribution is 2.29. The zero-order valence-corrected chi connectivity index (χ0v) is 19.7. The first-order valence-corrected chi connectivity index (χ1v) is 12.0. The Morgan fingerprint density at radius 2 is 1.87 bits per heavy atom. The summed E-state index contributed by atoms with van der Waals surface area (Å²) in [7, 11) is -2.72. The van der Waals surface area contributed by atoms with Gasteiger partial charge in [0.15, 0.2) is 0 Å². The van der Waals surface area contributed by atoms with E-state index in [2.05, 4.69) is 5.32 Å². The maximum Gasteiger partial charge on any atom is 0.348 e. The molecule has 0 fully saturated rings. The van der Waals surface area contributed by atoms with Crippen LogP contribution < -0.4 is 5.32 Å². The Kier molecular flexibility index (Phi) is 7.23. The first-order valence-electron chi connectivity index (χ1n) is 9.02. The van der Waals surface area contributed by atoms with Crippen LogP contribution in [-0.2, 0) is 19.6 Å². The lowest BCUT2D eigenvalue weighted by molar-refractivity contribution is -0.116. The topological polar surface area (TPSA) is 92.8 Å². The molecular formula is C20H18Cl2N2O5S2. The molecule has 1 amide bonds. The van der Waals surface area contributed by atoms with Crippen LogP contribution in [0.2, 0.25) is 10.0 Å². The van der Waals surface area contributed by atoms with E-state index < -0.39 is 28.4 Å². The standard InChI is InChI=1S/C20H18Cl2N2O5S2/c1-3-24(31(27,28)18-10-13(21)4-6-15(18)22)11-19(25)23-14-5-7-16-12(8-14)9-17(30-16)20(26)29-2/h4-10H,3,11H2,1-2H3,(H,23,25). The molecule has 31 heavy (non-hydrogen) atoms. The summed E-state index contributed by atoms with van der Waals surface area (Å²) in [6.45, 7) is 1.27. The Balaban J connectivity index is 1.78. The second kappa shape index (κ2) is 9.54. The van der Waals surface area contributed by atoms with Crippen LogP contribution in [0.25, 0.3) is 10.1 Å². The fourth-order valence-electron chi connectivity index (χ4n) is 2.86. The van der Waals surface area contributed by atoms with Gasteiger partial charge in [0.05, 0.1) is 18.7 Å². The SMILES string of the molecule is CCN(CC(=O)Nc1ccc2sc(C(=O)OC)cc2c1)S(=O)(=O)c1cc(Cl)ccc1Cl. The Hall–Kier alpha value is -2.17. The average Bonchev–Trinajstić information content (AvgIpc) is 3.16. The molecule has 0 bridgehead atoms. The van der Waals surface area contributed by atoms with E-state index in [9.17, 15) is 18.0 Å². The van der Waals surface area contributed by atoms with E-state index in [1.165, 1.54) is 36.6 Å². The molecule has 0 radical (unpaired) electrons. The number of carbonyl (C=O) groups is 2. The van der Waals surface area contributed by atoms with Crippen LogP contribution in [0.4, 0.5) is 5.69 Å². The van der Waals surface area contributed by atoms with Gasteiger partial charge in [-0.15, -0.1) is 11.3 Å². The minimum Gasteiger partial charge on any atom is -0.465 e. The largest absolute Gasteiger partial charge is 0.465 e. The molecule has 1 heterocycles. The Morgan fingerprint density at radius 3 is 2.55 bits per heavy atom. The van der Waals surface area contributed by atoms with Gasteiger partial charge in [0.25, 0.3) is 0 Å². The highest BCUT2D eigenvalue weighted by Gasteiger charge is 2.27. The number of amides is 1. The van der Waals surface area contributed by atoms with Crippen molar-refractivity contribution in [3.63, 3.8) is 0 Å². The van der Waals surface area contributed by atoms with Gasteiger partial charge in [0, 0.05) is 22.0 Å². The van der Waals surface area contributed by atoms with Gasteiger partial charge < -0.3 is 10.1 Å². The number of hydrogen-bond acceptors (Lipinski definition) is 6. The fraction of sp³-hybridized carbons (Fsp3) is 0.200. The number of thiophene rings is 1. The first-order chi connectivity index (χ1) is 14.6. The molecule has 164 valence electrons. The normalized spacial score (nSPS) is 11.6. The predicted octanol–water partition coefficient (Wildman–Crippen LogP) is 4.64. The van der Waals surface area contributed by atoms with Gasteiger partial charge in [0.2, 0.25) is 15.9 Å². The van der Waals surface area contributed by atoms with Crippen molar-refractivity contribution in [3.8, 4) is 0 Å². The zero-order valence-electron chi connectivity index (χ0n) is 16.5. The second-order valence-corrected chi connectivity index (χ2v) is 10.2.